The molecule has 1 fully saturated rings. The lowest BCUT2D eigenvalue weighted by molar-refractivity contribution is -0.122. The second-order valence-corrected chi connectivity index (χ2v) is 7.14. The van der Waals surface area contributed by atoms with Gasteiger partial charge in [0.1, 0.15) is 0 Å². The number of hydrogen-bond donors (Lipinski definition) is 2. The van der Waals surface area contributed by atoms with Gasteiger partial charge in [-0.15, -0.1) is 0 Å². The number of thioether (sulfide) groups is 1. The average Bonchev–Trinajstić information content (AvgIpc) is 2.39. The molecule has 1 aliphatic rings. The molecule has 0 aromatic heterocycles. The predicted octanol–water partition coefficient (Wildman–Crippen LogP) is 2.66. The van der Waals surface area contributed by atoms with Crippen molar-refractivity contribution in [1.82, 2.24) is 10.6 Å². The van der Waals surface area contributed by atoms with Gasteiger partial charge < -0.3 is 10.6 Å². The molecule has 19 heavy (non-hydrogen) atoms. The molecule has 4 heteroatoms. The van der Waals surface area contributed by atoms with Crippen LogP contribution in [-0.4, -0.2) is 36.5 Å². The molecule has 0 spiro atoms. The fourth-order valence-electron chi connectivity index (χ4n) is 2.63. The summed E-state index contributed by atoms with van der Waals surface area (Å²) in [5.74, 6) is 3.69. The van der Waals surface area contributed by atoms with Crippen molar-refractivity contribution in [3.63, 3.8) is 0 Å². The van der Waals surface area contributed by atoms with Crippen molar-refractivity contribution in [2.45, 2.75) is 52.5 Å². The van der Waals surface area contributed by atoms with Crippen LogP contribution in [0.1, 0.15) is 46.5 Å². The van der Waals surface area contributed by atoms with E-state index in [9.17, 15) is 4.79 Å². The first kappa shape index (κ1) is 16.8. The zero-order valence-electron chi connectivity index (χ0n) is 12.7. The van der Waals surface area contributed by atoms with Gasteiger partial charge >= 0.3 is 0 Å². The van der Waals surface area contributed by atoms with Crippen LogP contribution in [0.5, 0.6) is 0 Å². The molecule has 0 saturated carbocycles. The Kier molecular flexibility index (Phi) is 8.55. The normalized spacial score (nSPS) is 22.8. The Balaban J connectivity index is 2.18. The van der Waals surface area contributed by atoms with Crippen LogP contribution in [0.3, 0.4) is 0 Å². The monoisotopic (exact) mass is 286 g/mol. The first-order valence-corrected chi connectivity index (χ1v) is 8.86. The fourth-order valence-corrected chi connectivity index (χ4v) is 3.44. The minimum atomic E-state index is 0.229. The van der Waals surface area contributed by atoms with Crippen LogP contribution >= 0.6 is 11.8 Å². The van der Waals surface area contributed by atoms with Crippen LogP contribution in [0.25, 0.3) is 0 Å². The van der Waals surface area contributed by atoms with Crippen molar-refractivity contribution < 1.29 is 4.79 Å². The molecule has 1 rings (SSSR count). The lowest BCUT2D eigenvalue weighted by Crippen LogP contribution is -2.38. The smallest absolute Gasteiger partial charge is 0.220 e. The molecule has 3 atom stereocenters. The lowest BCUT2D eigenvalue weighted by atomic mass is 9.85. The summed E-state index contributed by atoms with van der Waals surface area (Å²) < 4.78 is 0. The minimum Gasteiger partial charge on any atom is -0.354 e. The highest BCUT2D eigenvalue weighted by Crippen LogP contribution is 2.22. The SMILES string of the molecule is CCSCCC(C)NC(=O)CC(C)C1CCCNC1. The molecular weight excluding hydrogens is 256 g/mol. The fraction of sp³-hybridized carbons (Fsp3) is 0.933. The molecule has 1 saturated heterocycles. The Labute approximate surface area is 122 Å². The van der Waals surface area contributed by atoms with Crippen molar-refractivity contribution in [3.8, 4) is 0 Å². The molecule has 1 amide bonds. The van der Waals surface area contributed by atoms with Gasteiger partial charge in [0.05, 0.1) is 0 Å². The number of carbonyl (C=O) groups is 1. The Morgan fingerprint density at radius 3 is 2.89 bits per heavy atom. The first-order valence-electron chi connectivity index (χ1n) is 7.71. The zero-order valence-corrected chi connectivity index (χ0v) is 13.5. The summed E-state index contributed by atoms with van der Waals surface area (Å²) in [6, 6.07) is 0.309. The molecule has 1 heterocycles. The van der Waals surface area contributed by atoms with Crippen molar-refractivity contribution in [3.05, 3.63) is 0 Å². The molecule has 3 unspecified atom stereocenters. The van der Waals surface area contributed by atoms with E-state index in [0.717, 1.165) is 31.0 Å². The van der Waals surface area contributed by atoms with Crippen LogP contribution < -0.4 is 10.6 Å². The van der Waals surface area contributed by atoms with E-state index in [1.807, 2.05) is 11.8 Å². The molecular formula is C15H30N2OS. The number of amides is 1. The topological polar surface area (TPSA) is 41.1 Å². The van der Waals surface area contributed by atoms with Gasteiger partial charge in [-0.05, 0) is 62.6 Å². The molecule has 2 N–H and O–H groups in total. The van der Waals surface area contributed by atoms with Crippen molar-refractivity contribution >= 4 is 17.7 Å². The van der Waals surface area contributed by atoms with Crippen LogP contribution in [-0.2, 0) is 4.79 Å². The van der Waals surface area contributed by atoms with Gasteiger partial charge in [0, 0.05) is 12.5 Å². The Morgan fingerprint density at radius 1 is 1.47 bits per heavy atom. The van der Waals surface area contributed by atoms with Gasteiger partial charge in [0.15, 0.2) is 0 Å². The van der Waals surface area contributed by atoms with Crippen LogP contribution in [0.4, 0.5) is 0 Å². The highest BCUT2D eigenvalue weighted by molar-refractivity contribution is 7.99. The van der Waals surface area contributed by atoms with E-state index < -0.39 is 0 Å². The van der Waals surface area contributed by atoms with Crippen LogP contribution in [0, 0.1) is 11.8 Å². The van der Waals surface area contributed by atoms with Gasteiger partial charge in [-0.3, -0.25) is 4.79 Å². The standard InChI is InChI=1S/C15H30N2OS/c1-4-19-9-7-13(3)17-15(18)10-12(2)14-6-5-8-16-11-14/h12-14,16H,4-11H2,1-3H3,(H,17,18). The van der Waals surface area contributed by atoms with Crippen LogP contribution in [0.2, 0.25) is 0 Å². The summed E-state index contributed by atoms with van der Waals surface area (Å²) in [6.07, 6.45) is 4.27. The van der Waals surface area contributed by atoms with Gasteiger partial charge in [-0.25, -0.2) is 0 Å². The molecule has 0 aliphatic carbocycles. The molecule has 1 aliphatic heterocycles. The largest absolute Gasteiger partial charge is 0.354 e. The van der Waals surface area contributed by atoms with Gasteiger partial charge in [-0.1, -0.05) is 13.8 Å². The van der Waals surface area contributed by atoms with Gasteiger partial charge in [-0.2, -0.15) is 11.8 Å². The maximum Gasteiger partial charge on any atom is 0.220 e. The summed E-state index contributed by atoms with van der Waals surface area (Å²) in [4.78, 5) is 12.0. The van der Waals surface area contributed by atoms with E-state index in [0.29, 0.717) is 24.3 Å². The molecule has 3 nitrogen and oxygen atoms in total. The molecule has 112 valence electrons. The Hall–Kier alpha value is -0.220. The third-order valence-electron chi connectivity index (χ3n) is 3.95. The van der Waals surface area contributed by atoms with Gasteiger partial charge in [0.25, 0.3) is 0 Å². The highest BCUT2D eigenvalue weighted by Gasteiger charge is 2.22. The maximum absolute atomic E-state index is 12.0. The highest BCUT2D eigenvalue weighted by atomic mass is 32.2. The summed E-state index contributed by atoms with van der Waals surface area (Å²) in [5.41, 5.74) is 0. The van der Waals surface area contributed by atoms with E-state index in [2.05, 4.69) is 31.4 Å². The summed E-state index contributed by atoms with van der Waals surface area (Å²) in [7, 11) is 0. The zero-order chi connectivity index (χ0) is 14.1. The van der Waals surface area contributed by atoms with E-state index in [4.69, 9.17) is 0 Å². The molecule has 0 radical (unpaired) electrons. The number of carbonyl (C=O) groups excluding carboxylic acids is 1. The lowest BCUT2D eigenvalue weighted by Gasteiger charge is -2.28. The predicted molar refractivity (Wildman–Crippen MR) is 84.6 cm³/mol. The number of rotatable bonds is 8. The van der Waals surface area contributed by atoms with E-state index >= 15 is 0 Å². The minimum absolute atomic E-state index is 0.229. The second kappa shape index (κ2) is 9.65. The van der Waals surface area contributed by atoms with Crippen LogP contribution in [0.15, 0.2) is 0 Å². The Morgan fingerprint density at radius 2 is 2.26 bits per heavy atom. The van der Waals surface area contributed by atoms with E-state index in [1.165, 1.54) is 12.8 Å². The van der Waals surface area contributed by atoms with E-state index in [1.54, 1.807) is 0 Å². The van der Waals surface area contributed by atoms with Crippen molar-refractivity contribution in [1.29, 1.82) is 0 Å². The van der Waals surface area contributed by atoms with E-state index in [-0.39, 0.29) is 5.91 Å². The maximum atomic E-state index is 12.0. The summed E-state index contributed by atoms with van der Waals surface area (Å²) in [5, 5.41) is 6.57. The first-order chi connectivity index (χ1) is 9.13. The third-order valence-corrected chi connectivity index (χ3v) is 4.89. The quantitative estimate of drug-likeness (QED) is 0.674. The summed E-state index contributed by atoms with van der Waals surface area (Å²) >= 11 is 1.94. The number of hydrogen-bond acceptors (Lipinski definition) is 3. The number of piperidine rings is 1. The molecule has 0 aromatic carbocycles. The molecule has 0 aromatic rings. The Bertz CT molecular complexity index is 255. The molecule has 0 bridgehead atoms. The number of nitrogens with one attached hydrogen (secondary N) is 2. The van der Waals surface area contributed by atoms with Crippen molar-refractivity contribution in [2.75, 3.05) is 24.6 Å². The van der Waals surface area contributed by atoms with Crippen molar-refractivity contribution in [2.24, 2.45) is 11.8 Å². The summed E-state index contributed by atoms with van der Waals surface area (Å²) in [6.45, 7) is 8.72. The second-order valence-electron chi connectivity index (χ2n) is 5.74. The third kappa shape index (κ3) is 7.21. The average molecular weight is 286 g/mol. The van der Waals surface area contributed by atoms with Gasteiger partial charge in [0.2, 0.25) is 5.91 Å².